The van der Waals surface area contributed by atoms with Gasteiger partial charge in [0, 0.05) is 13.8 Å². The highest BCUT2D eigenvalue weighted by Gasteiger charge is 2.41. The van der Waals surface area contributed by atoms with Gasteiger partial charge in [-0.3, -0.25) is 9.59 Å². The summed E-state index contributed by atoms with van der Waals surface area (Å²) >= 11 is 5.68. The molecule has 0 aromatic heterocycles. The molecule has 1 fully saturated rings. The van der Waals surface area contributed by atoms with Gasteiger partial charge < -0.3 is 14.2 Å². The van der Waals surface area contributed by atoms with Gasteiger partial charge in [-0.15, -0.1) is 0 Å². The topological polar surface area (TPSA) is 61.8 Å². The van der Waals surface area contributed by atoms with Gasteiger partial charge in [-0.1, -0.05) is 11.6 Å². The van der Waals surface area contributed by atoms with E-state index in [2.05, 4.69) is 0 Å². The first-order chi connectivity index (χ1) is 6.50. The average molecular weight is 222 g/mol. The Bertz CT molecular complexity index is 242. The molecule has 0 N–H and O–H groups in total. The predicted molar refractivity (Wildman–Crippen MR) is 46.1 cm³/mol. The zero-order chi connectivity index (χ0) is 10.7. The largest absolute Gasteiger partial charge is 0.456 e. The van der Waals surface area contributed by atoms with Crippen LogP contribution in [0.1, 0.15) is 13.8 Å². The Morgan fingerprint density at radius 1 is 1.29 bits per heavy atom. The number of esters is 2. The summed E-state index contributed by atoms with van der Waals surface area (Å²) < 4.78 is 14.5. The van der Waals surface area contributed by atoms with Gasteiger partial charge in [-0.25, -0.2) is 0 Å². The summed E-state index contributed by atoms with van der Waals surface area (Å²) in [6.45, 7) is 3.74. The van der Waals surface area contributed by atoms with E-state index < -0.39 is 29.7 Å². The first-order valence-electron chi connectivity index (χ1n) is 3.98. The molecule has 0 amide bonds. The molecule has 5 nitrogen and oxygen atoms in total. The van der Waals surface area contributed by atoms with E-state index in [1.165, 1.54) is 20.5 Å². The maximum absolute atomic E-state index is 10.7. The van der Waals surface area contributed by atoms with Gasteiger partial charge >= 0.3 is 11.9 Å². The number of rotatable bonds is 2. The van der Waals surface area contributed by atoms with Crippen molar-refractivity contribution in [3.05, 3.63) is 6.61 Å². The van der Waals surface area contributed by atoms with Crippen molar-refractivity contribution in [3.63, 3.8) is 0 Å². The van der Waals surface area contributed by atoms with Crippen molar-refractivity contribution in [1.29, 1.82) is 0 Å². The lowest BCUT2D eigenvalue weighted by molar-refractivity contribution is -0.160. The van der Waals surface area contributed by atoms with E-state index in [4.69, 9.17) is 25.8 Å². The number of ether oxygens (including phenoxy) is 3. The zero-order valence-electron chi connectivity index (χ0n) is 7.73. The van der Waals surface area contributed by atoms with E-state index in [1.54, 1.807) is 0 Å². The van der Waals surface area contributed by atoms with Crippen molar-refractivity contribution in [2.75, 3.05) is 0 Å². The summed E-state index contributed by atoms with van der Waals surface area (Å²) in [5.41, 5.74) is -0.816. The van der Waals surface area contributed by atoms with E-state index in [9.17, 15) is 9.59 Å². The van der Waals surface area contributed by atoms with E-state index >= 15 is 0 Å². The summed E-state index contributed by atoms with van der Waals surface area (Å²) in [5, 5.41) is 0. The second kappa shape index (κ2) is 4.61. The van der Waals surface area contributed by atoms with Crippen LogP contribution in [0.25, 0.3) is 0 Å². The molecule has 0 aliphatic carbocycles. The minimum atomic E-state index is -0.816. The van der Waals surface area contributed by atoms with Gasteiger partial charge in [-0.2, -0.15) is 0 Å². The third kappa shape index (κ3) is 2.85. The molecule has 14 heavy (non-hydrogen) atoms. The Kier molecular flexibility index (Phi) is 3.71. The van der Waals surface area contributed by atoms with Crippen LogP contribution in [-0.2, 0) is 23.8 Å². The van der Waals surface area contributed by atoms with Gasteiger partial charge in [0.25, 0.3) is 0 Å². The molecular formula is C8H10ClO5. The fourth-order valence-corrected chi connectivity index (χ4v) is 1.31. The summed E-state index contributed by atoms with van der Waals surface area (Å²) in [7, 11) is 0. The second-order valence-electron chi connectivity index (χ2n) is 2.77. The molecule has 0 spiro atoms. The van der Waals surface area contributed by atoms with Crippen LogP contribution in [-0.4, -0.2) is 29.7 Å². The number of alkyl halides is 1. The molecule has 3 atom stereocenters. The van der Waals surface area contributed by atoms with Crippen molar-refractivity contribution >= 4 is 23.5 Å². The Balaban J connectivity index is 2.56. The molecule has 6 heteroatoms. The first kappa shape index (κ1) is 11.3. The van der Waals surface area contributed by atoms with Gasteiger partial charge in [0.15, 0.2) is 17.8 Å². The molecule has 1 rings (SSSR count). The van der Waals surface area contributed by atoms with Gasteiger partial charge in [-0.05, 0) is 0 Å². The Morgan fingerprint density at radius 3 is 2.36 bits per heavy atom. The van der Waals surface area contributed by atoms with Crippen LogP contribution in [0.2, 0.25) is 0 Å². The van der Waals surface area contributed by atoms with Crippen LogP contribution >= 0.6 is 11.6 Å². The standard InChI is InChI=1S/C8H10ClO5/c1-4(10)13-6-3-12-8(9)7(6)14-5(2)11/h3,6-8H,1-2H3/t6-,7-,8?/m1/s1. The van der Waals surface area contributed by atoms with Crippen molar-refractivity contribution in [2.45, 2.75) is 31.6 Å². The number of halogens is 1. The van der Waals surface area contributed by atoms with Crippen LogP contribution in [0.15, 0.2) is 0 Å². The SMILES string of the molecule is CC(=O)O[C@@H]1[CH]OC(Cl)[C@@H]1OC(C)=O. The lowest BCUT2D eigenvalue weighted by atomic mass is 10.2. The normalized spacial score (nSPS) is 31.2. The molecule has 1 aliphatic rings. The number of hydrogen-bond acceptors (Lipinski definition) is 5. The second-order valence-corrected chi connectivity index (χ2v) is 3.20. The zero-order valence-corrected chi connectivity index (χ0v) is 8.48. The molecule has 0 bridgehead atoms. The van der Waals surface area contributed by atoms with Crippen molar-refractivity contribution in [1.82, 2.24) is 0 Å². The molecule has 1 aliphatic heterocycles. The molecule has 1 heterocycles. The van der Waals surface area contributed by atoms with Crippen LogP contribution < -0.4 is 0 Å². The van der Waals surface area contributed by atoms with Crippen molar-refractivity contribution in [2.24, 2.45) is 0 Å². The van der Waals surface area contributed by atoms with E-state index in [-0.39, 0.29) is 0 Å². The van der Waals surface area contributed by atoms with Crippen LogP contribution in [0.4, 0.5) is 0 Å². The third-order valence-corrected chi connectivity index (χ3v) is 1.88. The van der Waals surface area contributed by atoms with Gasteiger partial charge in [0.05, 0.1) is 0 Å². The number of carbonyl (C=O) groups excluding carboxylic acids is 2. The lowest BCUT2D eigenvalue weighted by Gasteiger charge is -2.18. The fraction of sp³-hybridized carbons (Fsp3) is 0.625. The van der Waals surface area contributed by atoms with E-state index in [0.717, 1.165) is 0 Å². The maximum atomic E-state index is 10.7. The molecule has 1 unspecified atom stereocenters. The van der Waals surface area contributed by atoms with Crippen LogP contribution in [0.3, 0.4) is 0 Å². The molecule has 79 valence electrons. The Hall–Kier alpha value is -0.810. The predicted octanol–water partition coefficient (Wildman–Crippen LogP) is 0.607. The number of carbonyl (C=O) groups is 2. The summed E-state index contributed by atoms with van der Waals surface area (Å²) in [6.07, 6.45) is -1.52. The quantitative estimate of drug-likeness (QED) is 0.505. The van der Waals surface area contributed by atoms with Crippen LogP contribution in [0.5, 0.6) is 0 Å². The smallest absolute Gasteiger partial charge is 0.303 e. The molecule has 1 saturated heterocycles. The maximum Gasteiger partial charge on any atom is 0.303 e. The fourth-order valence-electron chi connectivity index (χ4n) is 1.06. The minimum Gasteiger partial charge on any atom is -0.456 e. The Morgan fingerprint density at radius 2 is 1.86 bits per heavy atom. The van der Waals surface area contributed by atoms with E-state index in [1.807, 2.05) is 0 Å². The molecule has 0 aromatic carbocycles. The lowest BCUT2D eigenvalue weighted by Crippen LogP contribution is -2.34. The van der Waals surface area contributed by atoms with Gasteiger partial charge in [0.1, 0.15) is 6.61 Å². The highest BCUT2D eigenvalue weighted by molar-refractivity contribution is 6.20. The van der Waals surface area contributed by atoms with Gasteiger partial charge in [0.2, 0.25) is 0 Å². The summed E-state index contributed by atoms with van der Waals surface area (Å²) in [6, 6.07) is 0. The van der Waals surface area contributed by atoms with Crippen molar-refractivity contribution in [3.8, 4) is 0 Å². The third-order valence-electron chi connectivity index (χ3n) is 1.53. The van der Waals surface area contributed by atoms with Crippen molar-refractivity contribution < 1.29 is 23.8 Å². The monoisotopic (exact) mass is 221 g/mol. The highest BCUT2D eigenvalue weighted by atomic mass is 35.5. The molecular weight excluding hydrogens is 212 g/mol. The molecule has 0 aromatic rings. The number of hydrogen-bond donors (Lipinski definition) is 0. The van der Waals surface area contributed by atoms with Crippen LogP contribution in [0, 0.1) is 6.61 Å². The Labute approximate surface area is 86.3 Å². The first-order valence-corrected chi connectivity index (χ1v) is 4.41. The van der Waals surface area contributed by atoms with E-state index in [0.29, 0.717) is 0 Å². The summed E-state index contributed by atoms with van der Waals surface area (Å²) in [4.78, 5) is 21.3. The summed E-state index contributed by atoms with van der Waals surface area (Å²) in [5.74, 6) is -0.991. The minimum absolute atomic E-state index is 0.488. The average Bonchev–Trinajstić information content (AvgIpc) is 2.34. The molecule has 1 radical (unpaired) electrons. The molecule has 0 saturated carbocycles. The highest BCUT2D eigenvalue weighted by Crippen LogP contribution is 2.26.